The largest absolute Gasteiger partial charge is 0.495 e. The maximum atomic E-state index is 12.4. The minimum atomic E-state index is -0.540. The van der Waals surface area contributed by atoms with E-state index in [1.54, 1.807) is 29.5 Å². The number of aryl methyl sites for hydroxylation is 1. The van der Waals surface area contributed by atoms with Crippen LogP contribution in [0.15, 0.2) is 30.3 Å². The topological polar surface area (TPSA) is 81.4 Å². The second-order valence-electron chi connectivity index (χ2n) is 5.67. The first-order valence-corrected chi connectivity index (χ1v) is 8.16. The quantitative estimate of drug-likeness (QED) is 0.884. The molecule has 5 nitrogen and oxygen atoms in total. The third kappa shape index (κ3) is 3.22. The van der Waals surface area contributed by atoms with Gasteiger partial charge in [0.2, 0.25) is 11.8 Å². The minimum absolute atomic E-state index is 0.0324. The van der Waals surface area contributed by atoms with Crippen LogP contribution in [0.1, 0.15) is 32.5 Å². The van der Waals surface area contributed by atoms with Gasteiger partial charge in [0.15, 0.2) is 0 Å². The molecule has 0 aliphatic heterocycles. The summed E-state index contributed by atoms with van der Waals surface area (Å²) in [6.07, 6.45) is 0.851. The molecule has 0 radical (unpaired) electrons. The SMILES string of the molecule is COc1ccc(C(N)=O)cc1NC(=O)[C@@H]1C[C@H]1c1ccc(C)s1. The van der Waals surface area contributed by atoms with E-state index in [0.29, 0.717) is 22.9 Å². The fourth-order valence-electron chi connectivity index (χ4n) is 2.64. The highest BCUT2D eigenvalue weighted by Gasteiger charge is 2.44. The smallest absolute Gasteiger partial charge is 0.248 e. The zero-order chi connectivity index (χ0) is 16.6. The Morgan fingerprint density at radius 1 is 1.30 bits per heavy atom. The first-order valence-electron chi connectivity index (χ1n) is 7.34. The van der Waals surface area contributed by atoms with Crippen LogP contribution in [0.3, 0.4) is 0 Å². The lowest BCUT2D eigenvalue weighted by Gasteiger charge is -2.11. The molecule has 1 aromatic carbocycles. The molecule has 0 spiro atoms. The first kappa shape index (κ1) is 15.6. The molecule has 1 saturated carbocycles. The number of carbonyl (C=O) groups is 2. The van der Waals surface area contributed by atoms with Gasteiger partial charge < -0.3 is 15.8 Å². The summed E-state index contributed by atoms with van der Waals surface area (Å²) in [7, 11) is 1.52. The average molecular weight is 330 g/mol. The van der Waals surface area contributed by atoms with Gasteiger partial charge in [0.1, 0.15) is 5.75 Å². The molecule has 0 unspecified atom stereocenters. The summed E-state index contributed by atoms with van der Waals surface area (Å²) in [6, 6.07) is 8.92. The van der Waals surface area contributed by atoms with Crippen molar-refractivity contribution >= 4 is 28.8 Å². The average Bonchev–Trinajstić information content (AvgIpc) is 3.22. The van der Waals surface area contributed by atoms with E-state index in [4.69, 9.17) is 10.5 Å². The molecule has 1 aromatic heterocycles. The Bertz CT molecular complexity index is 769. The molecule has 1 fully saturated rings. The molecule has 0 bridgehead atoms. The number of nitrogens with two attached hydrogens (primary N) is 1. The molecule has 6 heteroatoms. The van der Waals surface area contributed by atoms with E-state index >= 15 is 0 Å². The van der Waals surface area contributed by atoms with E-state index in [9.17, 15) is 9.59 Å². The Morgan fingerprint density at radius 2 is 2.09 bits per heavy atom. The van der Waals surface area contributed by atoms with Gasteiger partial charge in [-0.25, -0.2) is 0 Å². The summed E-state index contributed by atoms with van der Waals surface area (Å²) in [6.45, 7) is 2.06. The van der Waals surface area contributed by atoms with Gasteiger partial charge in [-0.1, -0.05) is 0 Å². The Kier molecular flexibility index (Phi) is 4.09. The Hall–Kier alpha value is -2.34. The second kappa shape index (κ2) is 6.04. The maximum Gasteiger partial charge on any atom is 0.248 e. The predicted octanol–water partition coefficient (Wildman–Crippen LogP) is 2.91. The highest BCUT2D eigenvalue weighted by molar-refractivity contribution is 7.12. The highest BCUT2D eigenvalue weighted by Crippen LogP contribution is 2.50. The van der Waals surface area contributed by atoms with E-state index in [1.165, 1.54) is 16.9 Å². The summed E-state index contributed by atoms with van der Waals surface area (Å²) in [4.78, 5) is 26.2. The summed E-state index contributed by atoms with van der Waals surface area (Å²) in [5.74, 6) is 0.170. The van der Waals surface area contributed by atoms with Crippen LogP contribution >= 0.6 is 11.3 Å². The van der Waals surface area contributed by atoms with Crippen LogP contribution in [0.5, 0.6) is 5.75 Å². The van der Waals surface area contributed by atoms with Gasteiger partial charge in [-0.05, 0) is 43.7 Å². The van der Waals surface area contributed by atoms with E-state index in [-0.39, 0.29) is 11.8 Å². The normalized spacial score (nSPS) is 19.2. The number of rotatable bonds is 5. The van der Waals surface area contributed by atoms with Crippen LogP contribution < -0.4 is 15.8 Å². The lowest BCUT2D eigenvalue weighted by molar-refractivity contribution is -0.117. The molecular formula is C17H18N2O3S. The van der Waals surface area contributed by atoms with E-state index < -0.39 is 5.91 Å². The van der Waals surface area contributed by atoms with Gasteiger partial charge in [-0.15, -0.1) is 11.3 Å². The van der Waals surface area contributed by atoms with Crippen molar-refractivity contribution in [1.82, 2.24) is 0 Å². The summed E-state index contributed by atoms with van der Waals surface area (Å²) in [5.41, 5.74) is 6.10. The second-order valence-corrected chi connectivity index (χ2v) is 6.99. The fourth-order valence-corrected chi connectivity index (χ4v) is 3.69. The van der Waals surface area contributed by atoms with Gasteiger partial charge in [-0.2, -0.15) is 0 Å². The zero-order valence-electron chi connectivity index (χ0n) is 13.0. The Labute approximate surface area is 138 Å². The number of hydrogen-bond acceptors (Lipinski definition) is 4. The van der Waals surface area contributed by atoms with Crippen LogP contribution in [-0.2, 0) is 4.79 Å². The molecule has 3 N–H and O–H groups in total. The number of thiophene rings is 1. The molecule has 1 heterocycles. The zero-order valence-corrected chi connectivity index (χ0v) is 13.8. The third-order valence-electron chi connectivity index (χ3n) is 4.00. The maximum absolute atomic E-state index is 12.4. The summed E-state index contributed by atoms with van der Waals surface area (Å²) >= 11 is 1.73. The third-order valence-corrected chi connectivity index (χ3v) is 5.13. The molecular weight excluding hydrogens is 312 g/mol. The highest BCUT2D eigenvalue weighted by atomic mass is 32.1. The van der Waals surface area contributed by atoms with Crippen molar-refractivity contribution < 1.29 is 14.3 Å². The molecule has 1 aliphatic rings. The number of ether oxygens (including phenoxy) is 1. The van der Waals surface area contributed by atoms with Gasteiger partial charge in [0, 0.05) is 27.2 Å². The standard InChI is InChI=1S/C17H18N2O3S/c1-9-3-6-15(23-9)11-8-12(11)17(21)19-13-7-10(16(18)20)4-5-14(13)22-2/h3-7,11-12H,8H2,1-2H3,(H2,18,20)(H,19,21)/t11-,12-/m1/s1. The Morgan fingerprint density at radius 3 is 2.70 bits per heavy atom. The van der Waals surface area contributed by atoms with Crippen LogP contribution in [0.4, 0.5) is 5.69 Å². The van der Waals surface area contributed by atoms with Crippen LogP contribution in [0.25, 0.3) is 0 Å². The first-order chi connectivity index (χ1) is 11.0. The Balaban J connectivity index is 1.73. The van der Waals surface area contributed by atoms with Crippen molar-refractivity contribution in [2.45, 2.75) is 19.3 Å². The number of benzene rings is 1. The number of primary amides is 1. The molecule has 1 aliphatic carbocycles. The lowest BCUT2D eigenvalue weighted by Crippen LogP contribution is -2.17. The minimum Gasteiger partial charge on any atom is -0.495 e. The molecule has 23 heavy (non-hydrogen) atoms. The van der Waals surface area contributed by atoms with E-state index in [2.05, 4.69) is 24.4 Å². The molecule has 2 amide bonds. The summed E-state index contributed by atoms with van der Waals surface area (Å²) < 4.78 is 5.23. The van der Waals surface area contributed by atoms with Gasteiger partial charge >= 0.3 is 0 Å². The predicted molar refractivity (Wildman–Crippen MR) is 90.0 cm³/mol. The van der Waals surface area contributed by atoms with Crippen molar-refractivity contribution in [2.75, 3.05) is 12.4 Å². The molecule has 3 rings (SSSR count). The molecule has 0 saturated heterocycles. The molecule has 120 valence electrons. The summed E-state index contributed by atoms with van der Waals surface area (Å²) in [5, 5.41) is 2.86. The van der Waals surface area contributed by atoms with E-state index in [0.717, 1.165) is 6.42 Å². The van der Waals surface area contributed by atoms with Crippen molar-refractivity contribution in [2.24, 2.45) is 11.7 Å². The van der Waals surface area contributed by atoms with Gasteiger partial charge in [0.25, 0.3) is 0 Å². The van der Waals surface area contributed by atoms with Gasteiger partial charge in [0.05, 0.1) is 12.8 Å². The number of carbonyl (C=O) groups excluding carboxylic acids is 2. The van der Waals surface area contributed by atoms with Crippen LogP contribution in [-0.4, -0.2) is 18.9 Å². The molecule has 2 aromatic rings. The van der Waals surface area contributed by atoms with Crippen LogP contribution in [0.2, 0.25) is 0 Å². The van der Waals surface area contributed by atoms with Crippen molar-refractivity contribution in [3.63, 3.8) is 0 Å². The van der Waals surface area contributed by atoms with Crippen molar-refractivity contribution in [1.29, 1.82) is 0 Å². The monoisotopic (exact) mass is 330 g/mol. The number of methoxy groups -OCH3 is 1. The van der Waals surface area contributed by atoms with Gasteiger partial charge in [-0.3, -0.25) is 9.59 Å². The number of amides is 2. The number of hydrogen-bond donors (Lipinski definition) is 2. The number of nitrogens with one attached hydrogen (secondary N) is 1. The van der Waals surface area contributed by atoms with E-state index in [1.807, 2.05) is 0 Å². The van der Waals surface area contributed by atoms with Crippen molar-refractivity contribution in [3.8, 4) is 5.75 Å². The lowest BCUT2D eigenvalue weighted by atomic mass is 10.1. The van der Waals surface area contributed by atoms with Crippen molar-refractivity contribution in [3.05, 3.63) is 45.6 Å². The van der Waals surface area contributed by atoms with Crippen LogP contribution in [0, 0.1) is 12.8 Å². The molecule has 2 atom stereocenters. The number of anilines is 1. The fraction of sp³-hybridized carbons (Fsp3) is 0.294.